The molecule has 0 radical (unpaired) electrons. The minimum atomic E-state index is 0.782. The van der Waals surface area contributed by atoms with Gasteiger partial charge in [0.1, 0.15) is 0 Å². The van der Waals surface area contributed by atoms with Gasteiger partial charge in [0.05, 0.1) is 0 Å². The maximum Gasteiger partial charge on any atom is -0.0262 e. The maximum absolute atomic E-state index is 2.41. The van der Waals surface area contributed by atoms with E-state index < -0.39 is 0 Å². The highest BCUT2D eigenvalue weighted by Crippen LogP contribution is 2.15. The third kappa shape index (κ3) is 12.0. The molecule has 0 spiro atoms. The molecule has 0 heteroatoms. The van der Waals surface area contributed by atoms with E-state index in [1.165, 1.54) is 57.8 Å². The third-order valence-electron chi connectivity index (χ3n) is 3.56. The van der Waals surface area contributed by atoms with Crippen LogP contribution in [-0.4, -0.2) is 0 Å². The average molecular weight is 238 g/mol. The molecule has 2 unspecified atom stereocenters. The second kappa shape index (κ2) is 12.2. The summed E-state index contributed by atoms with van der Waals surface area (Å²) in [5, 5.41) is 0. The Balaban J connectivity index is 3.28. The molecule has 0 saturated carbocycles. The molecule has 0 aliphatic heterocycles. The van der Waals surface area contributed by atoms with E-state index in [0.717, 1.165) is 11.8 Å². The van der Waals surface area contributed by atoms with Crippen molar-refractivity contribution in [2.45, 2.75) is 85.5 Å². The van der Waals surface area contributed by atoms with Crippen LogP contribution in [0.15, 0.2) is 12.2 Å². The van der Waals surface area contributed by atoms with Gasteiger partial charge >= 0.3 is 0 Å². The molecule has 0 amide bonds. The second-order valence-corrected chi connectivity index (χ2v) is 5.73. The fourth-order valence-electron chi connectivity index (χ4n) is 2.45. The van der Waals surface area contributed by atoms with E-state index in [1.54, 1.807) is 0 Å². The van der Waals surface area contributed by atoms with Crippen molar-refractivity contribution >= 4 is 0 Å². The highest BCUT2D eigenvalue weighted by atomic mass is 14.1. The van der Waals surface area contributed by atoms with E-state index >= 15 is 0 Å². The summed E-state index contributed by atoms with van der Waals surface area (Å²) in [5.41, 5.74) is 0. The van der Waals surface area contributed by atoms with Crippen molar-refractivity contribution in [3.8, 4) is 0 Å². The lowest BCUT2D eigenvalue weighted by molar-refractivity contribution is 0.457. The number of allylic oxidation sites excluding steroid dienone is 2. The van der Waals surface area contributed by atoms with Crippen LogP contribution in [-0.2, 0) is 0 Å². The lowest BCUT2D eigenvalue weighted by Crippen LogP contribution is -1.93. The molecular weight excluding hydrogens is 204 g/mol. The monoisotopic (exact) mass is 238 g/mol. The van der Waals surface area contributed by atoms with Crippen molar-refractivity contribution in [3.05, 3.63) is 12.2 Å². The van der Waals surface area contributed by atoms with Crippen LogP contribution in [0.3, 0.4) is 0 Å². The van der Waals surface area contributed by atoms with Crippen molar-refractivity contribution in [3.63, 3.8) is 0 Å². The van der Waals surface area contributed by atoms with Crippen molar-refractivity contribution in [2.75, 3.05) is 0 Å². The maximum atomic E-state index is 2.41. The SMILES string of the molecule is CCCC(C)C=CCCCCCC(C)CCC. The zero-order valence-electron chi connectivity index (χ0n) is 12.7. The van der Waals surface area contributed by atoms with Crippen LogP contribution in [0.5, 0.6) is 0 Å². The first-order chi connectivity index (χ1) is 8.20. The Kier molecular flexibility index (Phi) is 12.0. The lowest BCUT2D eigenvalue weighted by Gasteiger charge is -2.08. The predicted octanol–water partition coefficient (Wildman–Crippen LogP) is 6.37. The summed E-state index contributed by atoms with van der Waals surface area (Å²) in [6.45, 7) is 9.28. The Morgan fingerprint density at radius 1 is 0.824 bits per heavy atom. The summed E-state index contributed by atoms with van der Waals surface area (Å²) in [5.74, 6) is 1.73. The molecule has 0 heterocycles. The second-order valence-electron chi connectivity index (χ2n) is 5.73. The molecule has 0 aliphatic carbocycles. The van der Waals surface area contributed by atoms with Gasteiger partial charge in [-0.05, 0) is 31.1 Å². The van der Waals surface area contributed by atoms with Crippen LogP contribution in [0.2, 0.25) is 0 Å². The van der Waals surface area contributed by atoms with Crippen molar-refractivity contribution < 1.29 is 0 Å². The minimum Gasteiger partial charge on any atom is -0.0883 e. The summed E-state index contributed by atoms with van der Waals surface area (Å²) in [6.07, 6.45) is 17.2. The summed E-state index contributed by atoms with van der Waals surface area (Å²) < 4.78 is 0. The molecule has 102 valence electrons. The zero-order chi connectivity index (χ0) is 12.9. The fourth-order valence-corrected chi connectivity index (χ4v) is 2.45. The van der Waals surface area contributed by atoms with Gasteiger partial charge < -0.3 is 0 Å². The van der Waals surface area contributed by atoms with Gasteiger partial charge in [-0.25, -0.2) is 0 Å². The van der Waals surface area contributed by atoms with Crippen molar-refractivity contribution in [1.82, 2.24) is 0 Å². The Labute approximate surface area is 110 Å². The van der Waals surface area contributed by atoms with Gasteiger partial charge in [0.15, 0.2) is 0 Å². The standard InChI is InChI=1S/C17H34/c1-5-12-16(3)14-10-8-7-9-11-15-17(4)13-6-2/h10,14,16-17H,5-9,11-13,15H2,1-4H3. The molecule has 0 aromatic heterocycles. The molecule has 0 aromatic carbocycles. The van der Waals surface area contributed by atoms with Gasteiger partial charge in [-0.15, -0.1) is 0 Å². The molecule has 0 saturated heterocycles. The molecule has 2 atom stereocenters. The van der Waals surface area contributed by atoms with Gasteiger partial charge in [0, 0.05) is 0 Å². The molecule has 0 aromatic rings. The molecule has 0 aliphatic rings. The largest absolute Gasteiger partial charge is 0.0883 e. The van der Waals surface area contributed by atoms with E-state index in [-0.39, 0.29) is 0 Å². The van der Waals surface area contributed by atoms with E-state index in [0.29, 0.717) is 0 Å². The van der Waals surface area contributed by atoms with Crippen LogP contribution < -0.4 is 0 Å². The molecule has 0 nitrogen and oxygen atoms in total. The van der Waals surface area contributed by atoms with Crippen LogP contribution in [0.25, 0.3) is 0 Å². The molecule has 17 heavy (non-hydrogen) atoms. The first kappa shape index (κ1) is 16.7. The summed E-state index contributed by atoms with van der Waals surface area (Å²) in [6, 6.07) is 0. The predicted molar refractivity (Wildman–Crippen MR) is 80.4 cm³/mol. The van der Waals surface area contributed by atoms with Crippen LogP contribution in [0.1, 0.15) is 85.5 Å². The van der Waals surface area contributed by atoms with Gasteiger partial charge in [-0.3, -0.25) is 0 Å². The highest BCUT2D eigenvalue weighted by molar-refractivity contribution is 4.85. The normalized spacial score (nSPS) is 15.3. The van der Waals surface area contributed by atoms with Crippen LogP contribution in [0.4, 0.5) is 0 Å². The third-order valence-corrected chi connectivity index (χ3v) is 3.56. The first-order valence-electron chi connectivity index (χ1n) is 7.87. The van der Waals surface area contributed by atoms with E-state index in [1.807, 2.05) is 0 Å². The van der Waals surface area contributed by atoms with Gasteiger partial charge in [-0.1, -0.05) is 78.4 Å². The molecule has 0 N–H and O–H groups in total. The highest BCUT2D eigenvalue weighted by Gasteiger charge is 1.99. The number of hydrogen-bond acceptors (Lipinski definition) is 0. The summed E-state index contributed by atoms with van der Waals surface area (Å²) in [4.78, 5) is 0. The molecule has 0 rings (SSSR count). The smallest absolute Gasteiger partial charge is 0.0262 e. The Morgan fingerprint density at radius 2 is 1.53 bits per heavy atom. The van der Waals surface area contributed by atoms with E-state index in [2.05, 4.69) is 39.8 Å². The summed E-state index contributed by atoms with van der Waals surface area (Å²) >= 11 is 0. The van der Waals surface area contributed by atoms with E-state index in [9.17, 15) is 0 Å². The zero-order valence-corrected chi connectivity index (χ0v) is 12.7. The Morgan fingerprint density at radius 3 is 2.18 bits per heavy atom. The van der Waals surface area contributed by atoms with Crippen LogP contribution in [0, 0.1) is 11.8 Å². The van der Waals surface area contributed by atoms with Crippen LogP contribution >= 0.6 is 0 Å². The van der Waals surface area contributed by atoms with Crippen molar-refractivity contribution in [2.24, 2.45) is 11.8 Å². The lowest BCUT2D eigenvalue weighted by atomic mass is 9.98. The number of unbranched alkanes of at least 4 members (excludes halogenated alkanes) is 3. The van der Waals surface area contributed by atoms with E-state index in [4.69, 9.17) is 0 Å². The first-order valence-corrected chi connectivity index (χ1v) is 7.87. The minimum absolute atomic E-state index is 0.782. The van der Waals surface area contributed by atoms with Gasteiger partial charge in [0.25, 0.3) is 0 Å². The molecule has 0 fully saturated rings. The van der Waals surface area contributed by atoms with Crippen molar-refractivity contribution in [1.29, 1.82) is 0 Å². The molecule has 0 bridgehead atoms. The Bertz CT molecular complexity index is 169. The fraction of sp³-hybridized carbons (Fsp3) is 0.882. The number of hydrogen-bond donors (Lipinski definition) is 0. The molecular formula is C17H34. The topological polar surface area (TPSA) is 0 Å². The Hall–Kier alpha value is -0.260. The average Bonchev–Trinajstić information content (AvgIpc) is 2.28. The van der Waals surface area contributed by atoms with Gasteiger partial charge in [-0.2, -0.15) is 0 Å². The van der Waals surface area contributed by atoms with Gasteiger partial charge in [0.2, 0.25) is 0 Å². The number of rotatable bonds is 11. The quantitative estimate of drug-likeness (QED) is 0.290. The summed E-state index contributed by atoms with van der Waals surface area (Å²) in [7, 11) is 0.